The van der Waals surface area contributed by atoms with E-state index in [9.17, 15) is 9.18 Å². The molecule has 5 heteroatoms. The number of likely N-dealkylation sites (N-methyl/N-ethyl adjacent to an activating group) is 1. The van der Waals surface area contributed by atoms with Crippen molar-refractivity contribution in [1.29, 1.82) is 0 Å². The molecule has 1 heterocycles. The average Bonchev–Trinajstić information content (AvgIpc) is 2.38. The highest BCUT2D eigenvalue weighted by Crippen LogP contribution is 2.24. The van der Waals surface area contributed by atoms with Gasteiger partial charge in [0.1, 0.15) is 11.4 Å². The van der Waals surface area contributed by atoms with Crippen LogP contribution < -0.4 is 4.90 Å². The Kier molecular flexibility index (Phi) is 3.81. The number of rotatable bonds is 3. The molecule has 18 heavy (non-hydrogen) atoms. The summed E-state index contributed by atoms with van der Waals surface area (Å²) in [5.74, 6) is -1.88. The molecule has 0 amide bonds. The Morgan fingerprint density at radius 1 is 1.33 bits per heavy atom. The van der Waals surface area contributed by atoms with Crippen LogP contribution in [0.3, 0.4) is 0 Å². The highest BCUT2D eigenvalue weighted by Gasteiger charge is 2.23. The van der Waals surface area contributed by atoms with Crippen LogP contribution in [-0.2, 0) is 0 Å². The maximum atomic E-state index is 13.6. The minimum Gasteiger partial charge on any atom is -0.478 e. The van der Waals surface area contributed by atoms with Crippen molar-refractivity contribution in [2.24, 2.45) is 0 Å². The lowest BCUT2D eigenvalue weighted by Gasteiger charge is -2.36. The largest absolute Gasteiger partial charge is 0.478 e. The summed E-state index contributed by atoms with van der Waals surface area (Å²) in [7, 11) is 0. The number of carbonyl (C=O) groups is 1. The second-order valence-corrected chi connectivity index (χ2v) is 4.36. The van der Waals surface area contributed by atoms with Crippen LogP contribution in [0.4, 0.5) is 10.1 Å². The van der Waals surface area contributed by atoms with E-state index in [2.05, 4.69) is 11.8 Å². The number of halogens is 1. The number of nitrogens with zero attached hydrogens (tertiary/aromatic N) is 2. The van der Waals surface area contributed by atoms with Crippen LogP contribution in [0.15, 0.2) is 18.2 Å². The van der Waals surface area contributed by atoms with Gasteiger partial charge in [-0.3, -0.25) is 0 Å². The molecule has 4 nitrogen and oxygen atoms in total. The Morgan fingerprint density at radius 2 is 2.00 bits per heavy atom. The first kappa shape index (κ1) is 12.8. The summed E-state index contributed by atoms with van der Waals surface area (Å²) in [4.78, 5) is 15.4. The number of carboxylic acids is 1. The lowest BCUT2D eigenvalue weighted by Crippen LogP contribution is -2.46. The number of carboxylic acid groups (broad SMARTS) is 1. The van der Waals surface area contributed by atoms with E-state index in [1.165, 1.54) is 6.07 Å². The highest BCUT2D eigenvalue weighted by atomic mass is 19.1. The van der Waals surface area contributed by atoms with Crippen molar-refractivity contribution in [3.8, 4) is 0 Å². The first-order chi connectivity index (χ1) is 8.63. The summed E-state index contributed by atoms with van der Waals surface area (Å²) in [6.45, 7) is 6.32. The molecule has 0 unspecified atom stereocenters. The van der Waals surface area contributed by atoms with Crippen molar-refractivity contribution < 1.29 is 14.3 Å². The summed E-state index contributed by atoms with van der Waals surface area (Å²) in [5, 5.41) is 9.10. The lowest BCUT2D eigenvalue weighted by molar-refractivity contribution is 0.0692. The van der Waals surface area contributed by atoms with Crippen molar-refractivity contribution in [2.75, 3.05) is 37.6 Å². The summed E-state index contributed by atoms with van der Waals surface area (Å²) in [6.07, 6.45) is 0. The molecule has 1 N–H and O–H groups in total. The zero-order valence-corrected chi connectivity index (χ0v) is 10.4. The standard InChI is InChI=1S/C13H17FN2O2/c1-2-15-6-8-16(9-7-15)11-5-3-4-10(14)12(11)13(17)18/h3-5H,2,6-9H2,1H3,(H,17,18). The normalized spacial score (nSPS) is 16.9. The summed E-state index contributed by atoms with van der Waals surface area (Å²) in [5.41, 5.74) is 0.265. The van der Waals surface area contributed by atoms with Crippen molar-refractivity contribution >= 4 is 11.7 Å². The van der Waals surface area contributed by atoms with Gasteiger partial charge in [0, 0.05) is 26.2 Å². The van der Waals surface area contributed by atoms with E-state index in [-0.39, 0.29) is 5.56 Å². The molecular weight excluding hydrogens is 235 g/mol. The van der Waals surface area contributed by atoms with Gasteiger partial charge in [-0.2, -0.15) is 0 Å². The zero-order valence-electron chi connectivity index (χ0n) is 10.4. The van der Waals surface area contributed by atoms with Gasteiger partial charge in [-0.1, -0.05) is 13.0 Å². The van der Waals surface area contributed by atoms with E-state index in [0.29, 0.717) is 5.69 Å². The third kappa shape index (κ3) is 2.46. The topological polar surface area (TPSA) is 43.8 Å². The molecule has 2 rings (SSSR count). The van der Waals surface area contributed by atoms with E-state index in [0.717, 1.165) is 32.7 Å². The summed E-state index contributed by atoms with van der Waals surface area (Å²) < 4.78 is 13.6. The molecule has 1 aliphatic rings. The van der Waals surface area contributed by atoms with Crippen LogP contribution in [0.1, 0.15) is 17.3 Å². The molecule has 1 fully saturated rings. The van der Waals surface area contributed by atoms with Gasteiger partial charge in [-0.25, -0.2) is 9.18 Å². The van der Waals surface area contributed by atoms with Crippen LogP contribution in [0.5, 0.6) is 0 Å². The molecule has 0 bridgehead atoms. The number of hydrogen-bond donors (Lipinski definition) is 1. The lowest BCUT2D eigenvalue weighted by atomic mass is 10.1. The average molecular weight is 252 g/mol. The molecule has 1 aromatic rings. The Balaban J connectivity index is 2.24. The van der Waals surface area contributed by atoms with Crippen molar-refractivity contribution in [1.82, 2.24) is 4.90 Å². The Bertz CT molecular complexity index is 443. The molecule has 0 spiro atoms. The first-order valence-electron chi connectivity index (χ1n) is 6.12. The Hall–Kier alpha value is -1.62. The molecule has 0 radical (unpaired) electrons. The van der Waals surface area contributed by atoms with Gasteiger partial charge in [0.2, 0.25) is 0 Å². The highest BCUT2D eigenvalue weighted by molar-refractivity contribution is 5.94. The number of benzene rings is 1. The van der Waals surface area contributed by atoms with Crippen LogP contribution in [0.2, 0.25) is 0 Å². The van der Waals surface area contributed by atoms with Crippen LogP contribution >= 0.6 is 0 Å². The smallest absolute Gasteiger partial charge is 0.340 e. The minimum absolute atomic E-state index is 0.220. The monoisotopic (exact) mass is 252 g/mol. The fraction of sp³-hybridized carbons (Fsp3) is 0.462. The zero-order chi connectivity index (χ0) is 13.1. The molecule has 98 valence electrons. The molecule has 0 saturated carbocycles. The second kappa shape index (κ2) is 5.35. The maximum Gasteiger partial charge on any atom is 0.340 e. The van der Waals surface area contributed by atoms with Gasteiger partial charge >= 0.3 is 5.97 Å². The van der Waals surface area contributed by atoms with E-state index < -0.39 is 11.8 Å². The van der Waals surface area contributed by atoms with E-state index in [4.69, 9.17) is 5.11 Å². The third-order valence-corrected chi connectivity index (χ3v) is 3.37. The molecule has 0 aromatic heterocycles. The number of aromatic carboxylic acids is 1. The van der Waals surface area contributed by atoms with E-state index in [1.54, 1.807) is 12.1 Å². The molecule has 0 atom stereocenters. The van der Waals surface area contributed by atoms with Gasteiger partial charge < -0.3 is 14.9 Å². The molecule has 0 aliphatic carbocycles. The first-order valence-corrected chi connectivity index (χ1v) is 6.12. The predicted molar refractivity (Wildman–Crippen MR) is 67.7 cm³/mol. The van der Waals surface area contributed by atoms with Gasteiger partial charge in [0.25, 0.3) is 0 Å². The van der Waals surface area contributed by atoms with Crippen molar-refractivity contribution in [2.45, 2.75) is 6.92 Å². The minimum atomic E-state index is -1.21. The molecule has 1 saturated heterocycles. The van der Waals surface area contributed by atoms with Gasteiger partial charge in [-0.05, 0) is 18.7 Å². The molecule has 1 aromatic carbocycles. The summed E-state index contributed by atoms with van der Waals surface area (Å²) >= 11 is 0. The number of hydrogen-bond acceptors (Lipinski definition) is 3. The van der Waals surface area contributed by atoms with Gasteiger partial charge in [0.05, 0.1) is 5.69 Å². The van der Waals surface area contributed by atoms with Crippen LogP contribution in [0.25, 0.3) is 0 Å². The Morgan fingerprint density at radius 3 is 2.56 bits per heavy atom. The van der Waals surface area contributed by atoms with E-state index >= 15 is 0 Å². The fourth-order valence-electron chi connectivity index (χ4n) is 2.29. The second-order valence-electron chi connectivity index (χ2n) is 4.36. The van der Waals surface area contributed by atoms with Crippen molar-refractivity contribution in [3.63, 3.8) is 0 Å². The molecule has 1 aliphatic heterocycles. The number of anilines is 1. The summed E-state index contributed by atoms with van der Waals surface area (Å²) in [6, 6.07) is 4.42. The van der Waals surface area contributed by atoms with Crippen molar-refractivity contribution in [3.05, 3.63) is 29.6 Å². The SMILES string of the molecule is CCN1CCN(c2cccc(F)c2C(=O)O)CC1. The maximum absolute atomic E-state index is 13.6. The fourth-order valence-corrected chi connectivity index (χ4v) is 2.29. The number of piperazine rings is 1. The van der Waals surface area contributed by atoms with Gasteiger partial charge in [0.15, 0.2) is 0 Å². The quantitative estimate of drug-likeness (QED) is 0.888. The Labute approximate surface area is 106 Å². The van der Waals surface area contributed by atoms with Gasteiger partial charge in [-0.15, -0.1) is 0 Å². The van der Waals surface area contributed by atoms with E-state index in [1.807, 2.05) is 4.90 Å². The van der Waals surface area contributed by atoms with Crippen LogP contribution in [0, 0.1) is 5.82 Å². The predicted octanol–water partition coefficient (Wildman–Crippen LogP) is 1.67. The molecular formula is C13H17FN2O2. The van der Waals surface area contributed by atoms with Crippen LogP contribution in [-0.4, -0.2) is 48.7 Å². The third-order valence-electron chi connectivity index (χ3n) is 3.37.